The van der Waals surface area contributed by atoms with E-state index in [2.05, 4.69) is 41.4 Å². The molecule has 0 saturated heterocycles. The number of anilines is 1. The van der Waals surface area contributed by atoms with Gasteiger partial charge in [-0.15, -0.1) is 0 Å². The third-order valence-corrected chi connectivity index (χ3v) is 3.30. The average Bonchev–Trinajstić information content (AvgIpc) is 2.95. The zero-order valence-corrected chi connectivity index (χ0v) is 12.5. The van der Waals surface area contributed by atoms with E-state index in [0.717, 1.165) is 6.54 Å². The first kappa shape index (κ1) is 14.5. The van der Waals surface area contributed by atoms with E-state index in [9.17, 15) is 0 Å². The second-order valence-electron chi connectivity index (χ2n) is 5.06. The molecule has 0 aliphatic rings. The van der Waals surface area contributed by atoms with Crippen molar-refractivity contribution in [2.45, 2.75) is 25.8 Å². The molecule has 5 heteroatoms. The summed E-state index contributed by atoms with van der Waals surface area (Å²) in [7, 11) is 3.80. The smallest absolute Gasteiger partial charge is 0.265 e. The summed E-state index contributed by atoms with van der Waals surface area (Å²) in [5.41, 5.74) is 1.23. The van der Waals surface area contributed by atoms with Crippen molar-refractivity contribution >= 4 is 5.95 Å². The van der Waals surface area contributed by atoms with Crippen LogP contribution in [0.15, 0.2) is 34.9 Å². The van der Waals surface area contributed by atoms with Crippen molar-refractivity contribution in [2.24, 2.45) is 0 Å². The predicted octanol–water partition coefficient (Wildman–Crippen LogP) is 2.59. The second-order valence-corrected chi connectivity index (χ2v) is 5.06. The zero-order valence-electron chi connectivity index (χ0n) is 12.5. The van der Waals surface area contributed by atoms with Crippen LogP contribution in [0.1, 0.15) is 37.3 Å². The number of benzene rings is 1. The zero-order chi connectivity index (χ0) is 14.5. The van der Waals surface area contributed by atoms with Gasteiger partial charge in [0.25, 0.3) is 5.95 Å². The van der Waals surface area contributed by atoms with E-state index in [-0.39, 0.29) is 12.0 Å². The molecule has 1 aromatic heterocycles. The molecule has 0 aliphatic heterocycles. The molecule has 0 radical (unpaired) electrons. The summed E-state index contributed by atoms with van der Waals surface area (Å²) in [6, 6.07) is 10.5. The van der Waals surface area contributed by atoms with Gasteiger partial charge in [-0.3, -0.25) is 0 Å². The van der Waals surface area contributed by atoms with Crippen molar-refractivity contribution in [1.29, 1.82) is 0 Å². The Labute approximate surface area is 120 Å². The van der Waals surface area contributed by atoms with Gasteiger partial charge >= 0.3 is 0 Å². The summed E-state index contributed by atoms with van der Waals surface area (Å²) < 4.78 is 5.39. The molecule has 0 bridgehead atoms. The minimum absolute atomic E-state index is 0.110. The fourth-order valence-corrected chi connectivity index (χ4v) is 2.20. The Morgan fingerprint density at radius 1 is 1.25 bits per heavy atom. The van der Waals surface area contributed by atoms with Crippen LogP contribution in [0.3, 0.4) is 0 Å². The summed E-state index contributed by atoms with van der Waals surface area (Å²) in [6.45, 7) is 5.09. The normalized spacial score (nSPS) is 14.0. The van der Waals surface area contributed by atoms with Crippen LogP contribution >= 0.6 is 0 Å². The van der Waals surface area contributed by atoms with Crippen LogP contribution in [0, 0.1) is 0 Å². The lowest BCUT2D eigenvalue weighted by Crippen LogP contribution is -2.26. The molecule has 2 aromatic rings. The van der Waals surface area contributed by atoms with Gasteiger partial charge in [0, 0.05) is 20.1 Å². The predicted molar refractivity (Wildman–Crippen MR) is 79.9 cm³/mol. The highest BCUT2D eigenvalue weighted by Gasteiger charge is 2.25. The maximum atomic E-state index is 5.39. The molecule has 1 aromatic carbocycles. The molecule has 1 heterocycles. The van der Waals surface area contributed by atoms with E-state index in [4.69, 9.17) is 4.52 Å². The molecule has 5 nitrogen and oxygen atoms in total. The Bertz CT molecular complexity index is 524. The second kappa shape index (κ2) is 6.52. The standard InChI is InChI=1S/C15H22N4O/c1-5-16-13(12-9-7-6-8-10-12)11(2)14-17-15(18-20-14)19(3)4/h6-11,13,16H,5H2,1-4H3. The van der Waals surface area contributed by atoms with Gasteiger partial charge in [0.05, 0.1) is 5.92 Å². The van der Waals surface area contributed by atoms with Gasteiger partial charge in [-0.1, -0.05) is 44.2 Å². The Hall–Kier alpha value is -1.88. The molecular formula is C15H22N4O. The van der Waals surface area contributed by atoms with Crippen molar-refractivity contribution < 1.29 is 4.52 Å². The molecule has 2 atom stereocenters. The van der Waals surface area contributed by atoms with E-state index in [0.29, 0.717) is 11.8 Å². The van der Waals surface area contributed by atoms with Crippen molar-refractivity contribution in [3.05, 3.63) is 41.8 Å². The highest BCUT2D eigenvalue weighted by molar-refractivity contribution is 5.26. The minimum atomic E-state index is 0.110. The van der Waals surface area contributed by atoms with Crippen LogP contribution in [0.5, 0.6) is 0 Å². The quantitative estimate of drug-likeness (QED) is 0.877. The van der Waals surface area contributed by atoms with E-state index < -0.39 is 0 Å². The maximum absolute atomic E-state index is 5.39. The molecule has 2 rings (SSSR count). The first-order valence-corrected chi connectivity index (χ1v) is 6.92. The van der Waals surface area contributed by atoms with E-state index in [1.807, 2.05) is 37.2 Å². The summed E-state index contributed by atoms with van der Waals surface area (Å²) in [6.07, 6.45) is 0. The first-order valence-electron chi connectivity index (χ1n) is 6.92. The van der Waals surface area contributed by atoms with Crippen LogP contribution in [-0.2, 0) is 0 Å². The van der Waals surface area contributed by atoms with Gasteiger partial charge in [-0.05, 0) is 17.3 Å². The van der Waals surface area contributed by atoms with Gasteiger partial charge < -0.3 is 14.7 Å². The SMILES string of the molecule is CCNC(c1ccccc1)C(C)c1nc(N(C)C)no1. The van der Waals surface area contributed by atoms with Crippen LogP contribution < -0.4 is 10.2 Å². The molecule has 0 spiro atoms. The first-order chi connectivity index (χ1) is 9.63. The summed E-state index contributed by atoms with van der Waals surface area (Å²) in [5.74, 6) is 1.37. The molecular weight excluding hydrogens is 252 g/mol. The Morgan fingerprint density at radius 3 is 2.50 bits per heavy atom. The minimum Gasteiger partial charge on any atom is -0.344 e. The number of rotatable bonds is 6. The molecule has 0 amide bonds. The molecule has 0 aliphatic carbocycles. The number of likely N-dealkylation sites (N-methyl/N-ethyl adjacent to an activating group) is 1. The summed E-state index contributed by atoms with van der Waals surface area (Å²) >= 11 is 0. The fourth-order valence-electron chi connectivity index (χ4n) is 2.20. The number of aromatic nitrogens is 2. The largest absolute Gasteiger partial charge is 0.344 e. The highest BCUT2D eigenvalue weighted by Crippen LogP contribution is 2.30. The van der Waals surface area contributed by atoms with Gasteiger partial charge in [0.2, 0.25) is 5.89 Å². The third-order valence-electron chi connectivity index (χ3n) is 3.30. The lowest BCUT2D eigenvalue weighted by atomic mass is 9.94. The molecule has 1 N–H and O–H groups in total. The summed E-state index contributed by atoms with van der Waals surface area (Å²) in [4.78, 5) is 6.28. The van der Waals surface area contributed by atoms with Crippen LogP contribution in [0.2, 0.25) is 0 Å². The van der Waals surface area contributed by atoms with E-state index >= 15 is 0 Å². The molecule has 2 unspecified atom stereocenters. The molecule has 0 fully saturated rings. The molecule has 108 valence electrons. The topological polar surface area (TPSA) is 54.2 Å². The van der Waals surface area contributed by atoms with E-state index in [1.54, 1.807) is 0 Å². The van der Waals surface area contributed by atoms with Crippen LogP contribution in [-0.4, -0.2) is 30.8 Å². The Balaban J connectivity index is 2.24. The van der Waals surface area contributed by atoms with Gasteiger partial charge in [-0.25, -0.2) is 0 Å². The number of nitrogens with zero attached hydrogens (tertiary/aromatic N) is 3. The van der Waals surface area contributed by atoms with Crippen molar-refractivity contribution in [3.63, 3.8) is 0 Å². The van der Waals surface area contributed by atoms with Crippen molar-refractivity contribution in [3.8, 4) is 0 Å². The fraction of sp³-hybridized carbons (Fsp3) is 0.467. The van der Waals surface area contributed by atoms with Crippen molar-refractivity contribution in [2.75, 3.05) is 25.5 Å². The number of hydrogen-bond acceptors (Lipinski definition) is 5. The average molecular weight is 274 g/mol. The lowest BCUT2D eigenvalue weighted by molar-refractivity contribution is 0.327. The number of nitrogens with one attached hydrogen (secondary N) is 1. The van der Waals surface area contributed by atoms with Crippen LogP contribution in [0.4, 0.5) is 5.95 Å². The Kier molecular flexibility index (Phi) is 4.74. The van der Waals surface area contributed by atoms with E-state index in [1.165, 1.54) is 5.56 Å². The summed E-state index contributed by atoms with van der Waals surface area (Å²) in [5, 5.41) is 7.48. The molecule has 20 heavy (non-hydrogen) atoms. The van der Waals surface area contributed by atoms with Gasteiger partial charge in [0.15, 0.2) is 0 Å². The van der Waals surface area contributed by atoms with Gasteiger partial charge in [-0.2, -0.15) is 4.98 Å². The Morgan fingerprint density at radius 2 is 1.95 bits per heavy atom. The lowest BCUT2D eigenvalue weighted by Gasteiger charge is -2.22. The number of hydrogen-bond donors (Lipinski definition) is 1. The third kappa shape index (κ3) is 3.17. The maximum Gasteiger partial charge on any atom is 0.265 e. The monoisotopic (exact) mass is 274 g/mol. The van der Waals surface area contributed by atoms with Crippen molar-refractivity contribution in [1.82, 2.24) is 15.5 Å². The van der Waals surface area contributed by atoms with Crippen LogP contribution in [0.25, 0.3) is 0 Å². The van der Waals surface area contributed by atoms with Gasteiger partial charge in [0.1, 0.15) is 0 Å². The highest BCUT2D eigenvalue weighted by atomic mass is 16.5. The molecule has 0 saturated carbocycles.